The number of aryl methyl sites for hydroxylation is 2. The number of nitrogens with one attached hydrogen (secondary N) is 1. The summed E-state index contributed by atoms with van der Waals surface area (Å²) < 4.78 is 5.74. The van der Waals surface area contributed by atoms with Crippen LogP contribution < -0.4 is 10.1 Å². The van der Waals surface area contributed by atoms with Crippen LogP contribution in [-0.4, -0.2) is 18.6 Å². The summed E-state index contributed by atoms with van der Waals surface area (Å²) in [5.74, 6) is 0.581. The number of rotatable bonds is 8. The van der Waals surface area contributed by atoms with Gasteiger partial charge in [-0.3, -0.25) is 4.79 Å². The lowest BCUT2D eigenvalue weighted by Crippen LogP contribution is -2.38. The fourth-order valence-corrected chi connectivity index (χ4v) is 2.50. The Hall–Kier alpha value is -2.00. The van der Waals surface area contributed by atoms with E-state index in [2.05, 4.69) is 36.5 Å². The number of amides is 1. The molecule has 0 aliphatic heterocycles. The lowest BCUT2D eigenvalue weighted by Gasteiger charge is -2.17. The van der Waals surface area contributed by atoms with Gasteiger partial charge < -0.3 is 10.1 Å². The molecule has 1 atom stereocenters. The smallest absolute Gasteiger partial charge is 0.261 e. The molecule has 0 saturated heterocycles. The van der Waals surface area contributed by atoms with Gasteiger partial charge in [-0.25, -0.2) is 0 Å². The molecule has 1 unspecified atom stereocenters. The van der Waals surface area contributed by atoms with Crippen LogP contribution in [0.15, 0.2) is 48.5 Å². The van der Waals surface area contributed by atoms with Crippen molar-refractivity contribution in [3.05, 3.63) is 64.7 Å². The van der Waals surface area contributed by atoms with Crippen molar-refractivity contribution in [3.8, 4) is 5.75 Å². The van der Waals surface area contributed by atoms with Crippen LogP contribution in [0, 0.1) is 6.92 Å². The van der Waals surface area contributed by atoms with Crippen molar-refractivity contribution in [3.63, 3.8) is 0 Å². The third kappa shape index (κ3) is 5.89. The maximum absolute atomic E-state index is 12.2. The van der Waals surface area contributed by atoms with E-state index in [1.807, 2.05) is 6.92 Å². The van der Waals surface area contributed by atoms with Gasteiger partial charge in [-0.2, -0.15) is 0 Å². The number of carbonyl (C=O) groups excluding carboxylic acids is 1. The molecule has 0 heterocycles. The minimum Gasteiger partial charge on any atom is -0.481 e. The summed E-state index contributed by atoms with van der Waals surface area (Å²) in [6.07, 6.45) is 2.00. The maximum atomic E-state index is 12.2. The lowest BCUT2D eigenvalue weighted by atomic mass is 10.1. The molecule has 0 saturated carbocycles. The third-order valence-corrected chi connectivity index (χ3v) is 4.07. The zero-order valence-electron chi connectivity index (χ0n) is 14.2. The van der Waals surface area contributed by atoms with Gasteiger partial charge in [-0.15, -0.1) is 0 Å². The van der Waals surface area contributed by atoms with E-state index in [9.17, 15) is 4.79 Å². The van der Waals surface area contributed by atoms with Crippen molar-refractivity contribution in [2.24, 2.45) is 0 Å². The summed E-state index contributed by atoms with van der Waals surface area (Å²) in [4.78, 5) is 12.2. The van der Waals surface area contributed by atoms with Crippen LogP contribution in [0.1, 0.15) is 30.9 Å². The molecule has 0 fully saturated rings. The highest BCUT2D eigenvalue weighted by molar-refractivity contribution is 6.30. The Bertz CT molecular complexity index is 638. The zero-order chi connectivity index (χ0) is 17.4. The summed E-state index contributed by atoms with van der Waals surface area (Å²) in [5.41, 5.74) is 2.55. The minimum absolute atomic E-state index is 0.0728. The number of ether oxygens (including phenoxy) is 1. The van der Waals surface area contributed by atoms with Crippen molar-refractivity contribution < 1.29 is 9.53 Å². The van der Waals surface area contributed by atoms with Crippen molar-refractivity contribution >= 4 is 17.5 Å². The zero-order valence-corrected chi connectivity index (χ0v) is 15.0. The average molecular weight is 346 g/mol. The largest absolute Gasteiger partial charge is 0.481 e. The first-order chi connectivity index (χ1) is 11.6. The van der Waals surface area contributed by atoms with E-state index in [0.29, 0.717) is 23.7 Å². The molecule has 0 aliphatic rings. The van der Waals surface area contributed by atoms with Gasteiger partial charge in [0.05, 0.1) is 0 Å². The van der Waals surface area contributed by atoms with E-state index < -0.39 is 6.10 Å². The monoisotopic (exact) mass is 345 g/mol. The number of benzene rings is 2. The van der Waals surface area contributed by atoms with Crippen LogP contribution >= 0.6 is 11.6 Å². The fraction of sp³-hybridized carbons (Fsp3) is 0.350. The second-order valence-electron chi connectivity index (χ2n) is 5.85. The van der Waals surface area contributed by atoms with Gasteiger partial charge in [0.15, 0.2) is 6.10 Å². The summed E-state index contributed by atoms with van der Waals surface area (Å²) >= 11 is 5.85. The molecule has 0 aromatic heterocycles. The first-order valence-corrected chi connectivity index (χ1v) is 8.71. The molecule has 2 aromatic rings. The summed E-state index contributed by atoms with van der Waals surface area (Å²) in [5, 5.41) is 3.61. The van der Waals surface area contributed by atoms with E-state index in [4.69, 9.17) is 16.3 Å². The molecule has 0 aliphatic carbocycles. The standard InChI is InChI=1S/C20H24ClNO2/c1-3-19(24-18-12-10-17(21)11-13-18)20(23)22-14-4-5-16-8-6-15(2)7-9-16/h6-13,19H,3-5,14H2,1-2H3,(H,22,23). The van der Waals surface area contributed by atoms with Crippen LogP contribution in [-0.2, 0) is 11.2 Å². The highest BCUT2D eigenvalue weighted by atomic mass is 35.5. The average Bonchev–Trinajstić information content (AvgIpc) is 2.59. The molecule has 128 valence electrons. The van der Waals surface area contributed by atoms with E-state index in [1.165, 1.54) is 11.1 Å². The first kappa shape index (κ1) is 18.3. The Balaban J connectivity index is 1.75. The van der Waals surface area contributed by atoms with Gasteiger partial charge in [0.2, 0.25) is 0 Å². The highest BCUT2D eigenvalue weighted by Crippen LogP contribution is 2.17. The molecule has 3 nitrogen and oxygen atoms in total. The molecule has 4 heteroatoms. The summed E-state index contributed by atoms with van der Waals surface area (Å²) in [7, 11) is 0. The molecule has 1 N–H and O–H groups in total. The molecule has 2 aromatic carbocycles. The van der Waals surface area contributed by atoms with E-state index in [1.54, 1.807) is 24.3 Å². The normalized spacial score (nSPS) is 11.8. The van der Waals surface area contributed by atoms with Gasteiger partial charge in [0, 0.05) is 11.6 Å². The maximum Gasteiger partial charge on any atom is 0.261 e. The second-order valence-corrected chi connectivity index (χ2v) is 6.29. The van der Waals surface area contributed by atoms with E-state index in [-0.39, 0.29) is 5.91 Å². The Labute approximate surface area is 149 Å². The van der Waals surface area contributed by atoms with Crippen LogP contribution in [0.25, 0.3) is 0 Å². The quantitative estimate of drug-likeness (QED) is 0.712. The van der Waals surface area contributed by atoms with Crippen LogP contribution in [0.4, 0.5) is 0 Å². The van der Waals surface area contributed by atoms with Crippen molar-refractivity contribution in [2.45, 2.75) is 39.2 Å². The molecule has 24 heavy (non-hydrogen) atoms. The topological polar surface area (TPSA) is 38.3 Å². The SMILES string of the molecule is CCC(Oc1ccc(Cl)cc1)C(=O)NCCCc1ccc(C)cc1. The second kappa shape index (κ2) is 9.33. The number of carbonyl (C=O) groups is 1. The molecular formula is C20H24ClNO2. The number of hydrogen-bond acceptors (Lipinski definition) is 2. The molecule has 0 spiro atoms. The van der Waals surface area contributed by atoms with Crippen molar-refractivity contribution in [2.75, 3.05) is 6.54 Å². The summed E-state index contributed by atoms with van der Waals surface area (Å²) in [6, 6.07) is 15.5. The van der Waals surface area contributed by atoms with Crippen LogP contribution in [0.3, 0.4) is 0 Å². The Kier molecular flexibility index (Phi) is 7.13. The van der Waals surface area contributed by atoms with Crippen molar-refractivity contribution in [1.82, 2.24) is 5.32 Å². The van der Waals surface area contributed by atoms with E-state index >= 15 is 0 Å². The highest BCUT2D eigenvalue weighted by Gasteiger charge is 2.17. The molecule has 0 bridgehead atoms. The Morgan fingerprint density at radius 1 is 1.12 bits per heavy atom. The van der Waals surface area contributed by atoms with Gasteiger partial charge in [0.1, 0.15) is 5.75 Å². The fourth-order valence-electron chi connectivity index (χ4n) is 2.37. The number of hydrogen-bond donors (Lipinski definition) is 1. The molecular weight excluding hydrogens is 322 g/mol. The van der Waals surface area contributed by atoms with Crippen LogP contribution in [0.5, 0.6) is 5.75 Å². The molecule has 1 amide bonds. The predicted octanol–water partition coefficient (Wildman–Crippen LogP) is 4.55. The Morgan fingerprint density at radius 3 is 2.42 bits per heavy atom. The van der Waals surface area contributed by atoms with Gasteiger partial charge >= 0.3 is 0 Å². The summed E-state index contributed by atoms with van der Waals surface area (Å²) in [6.45, 7) is 4.66. The number of halogens is 1. The van der Waals surface area contributed by atoms with Gasteiger partial charge in [0.25, 0.3) is 5.91 Å². The first-order valence-electron chi connectivity index (χ1n) is 8.34. The van der Waals surface area contributed by atoms with Gasteiger partial charge in [-0.1, -0.05) is 48.4 Å². The molecule has 2 rings (SSSR count). The van der Waals surface area contributed by atoms with E-state index in [0.717, 1.165) is 12.8 Å². The van der Waals surface area contributed by atoms with Gasteiger partial charge in [-0.05, 0) is 56.0 Å². The molecule has 0 radical (unpaired) electrons. The minimum atomic E-state index is -0.481. The third-order valence-electron chi connectivity index (χ3n) is 3.82. The van der Waals surface area contributed by atoms with Crippen LogP contribution in [0.2, 0.25) is 5.02 Å². The lowest BCUT2D eigenvalue weighted by molar-refractivity contribution is -0.128. The Morgan fingerprint density at radius 2 is 1.79 bits per heavy atom. The van der Waals surface area contributed by atoms with Crippen molar-refractivity contribution in [1.29, 1.82) is 0 Å². The predicted molar refractivity (Wildman–Crippen MR) is 98.7 cm³/mol.